The molecule has 0 bridgehead atoms. The van der Waals surface area contributed by atoms with Gasteiger partial charge in [0.25, 0.3) is 0 Å². The summed E-state index contributed by atoms with van der Waals surface area (Å²) in [6.07, 6.45) is 0.849. The molecular formula is C43H40N8O2. The molecule has 0 saturated heterocycles. The molecule has 2 heterocycles. The molecule has 2 aromatic heterocycles. The highest BCUT2D eigenvalue weighted by Gasteiger charge is 2.42. The fourth-order valence-electron chi connectivity index (χ4n) is 6.90. The summed E-state index contributed by atoms with van der Waals surface area (Å²) in [5, 5.41) is 22.0. The average Bonchev–Trinajstić information content (AvgIpc) is 3.70. The van der Waals surface area contributed by atoms with Gasteiger partial charge in [0.1, 0.15) is 11.4 Å². The van der Waals surface area contributed by atoms with Crippen LogP contribution < -0.4 is 4.90 Å². The summed E-state index contributed by atoms with van der Waals surface area (Å²) in [6.45, 7) is 7.05. The first-order chi connectivity index (χ1) is 26.0. The molecule has 10 nitrogen and oxygen atoms in total. The molecule has 0 fully saturated rings. The Labute approximate surface area is 309 Å². The summed E-state index contributed by atoms with van der Waals surface area (Å²) < 4.78 is 7.23. The van der Waals surface area contributed by atoms with Gasteiger partial charge in [0.15, 0.2) is 11.6 Å². The number of benzene rings is 5. The third-order valence-corrected chi connectivity index (χ3v) is 9.20. The molecule has 0 saturated carbocycles. The number of hydrogen-bond donors (Lipinski definition) is 0. The van der Waals surface area contributed by atoms with Crippen molar-refractivity contribution in [2.24, 2.45) is 0 Å². The van der Waals surface area contributed by atoms with Gasteiger partial charge in [0, 0.05) is 18.7 Å². The van der Waals surface area contributed by atoms with E-state index in [9.17, 15) is 4.79 Å². The molecule has 5 aromatic carbocycles. The summed E-state index contributed by atoms with van der Waals surface area (Å²) in [6, 6.07) is 47.8. The van der Waals surface area contributed by atoms with Crippen molar-refractivity contribution in [3.8, 4) is 22.5 Å². The van der Waals surface area contributed by atoms with Crippen molar-refractivity contribution in [2.75, 3.05) is 18.1 Å². The number of anilines is 1. The van der Waals surface area contributed by atoms with Crippen LogP contribution in [-0.2, 0) is 16.8 Å². The number of carbonyl (C=O) groups excluding carboxylic acids is 1. The predicted molar refractivity (Wildman–Crippen MR) is 205 cm³/mol. The highest BCUT2D eigenvalue weighted by molar-refractivity contribution is 5.92. The lowest BCUT2D eigenvalue weighted by Gasteiger charge is -2.36. The first-order valence-electron chi connectivity index (χ1n) is 17.8. The lowest BCUT2D eigenvalue weighted by Crippen LogP contribution is -2.39. The van der Waals surface area contributed by atoms with Gasteiger partial charge in [0.05, 0.1) is 6.61 Å². The number of tetrazole rings is 1. The van der Waals surface area contributed by atoms with Gasteiger partial charge < -0.3 is 9.64 Å². The Balaban J connectivity index is 1.30. The predicted octanol–water partition coefficient (Wildman–Crippen LogP) is 7.93. The Morgan fingerprint density at radius 1 is 0.698 bits per heavy atom. The Hall–Kier alpha value is -6.55. The van der Waals surface area contributed by atoms with Crippen molar-refractivity contribution in [1.82, 2.24) is 35.4 Å². The van der Waals surface area contributed by atoms with Gasteiger partial charge >= 0.3 is 5.97 Å². The largest absolute Gasteiger partial charge is 0.461 e. The molecule has 0 N–H and O–H groups in total. The summed E-state index contributed by atoms with van der Waals surface area (Å²) in [5.41, 5.74) is 6.28. The first kappa shape index (κ1) is 34.9. The molecule has 0 spiro atoms. The van der Waals surface area contributed by atoms with E-state index in [1.54, 1.807) is 13.8 Å². The van der Waals surface area contributed by atoms with Gasteiger partial charge in [0.2, 0.25) is 5.69 Å². The van der Waals surface area contributed by atoms with E-state index in [1.807, 2.05) is 35.0 Å². The first-order valence-corrected chi connectivity index (χ1v) is 17.8. The fourth-order valence-corrected chi connectivity index (χ4v) is 6.90. The van der Waals surface area contributed by atoms with Gasteiger partial charge in [-0.2, -0.15) is 0 Å². The number of nitrogens with zero attached hydrogens (tertiary/aromatic N) is 8. The number of aryl methyl sites for hydroxylation is 1. The Morgan fingerprint density at radius 2 is 1.26 bits per heavy atom. The molecule has 0 aliphatic heterocycles. The maximum atomic E-state index is 12.8. The quantitative estimate of drug-likeness (QED) is 0.0874. The average molecular weight is 701 g/mol. The SMILES string of the molecule is CCCN(Cc1ccc(-c2ccccc2-c2nnnn2C(c2ccccc2)(c2ccccc2)c2ccccc2)cc1)c1nc(C)nnc1C(=O)OCC. The van der Waals surface area contributed by atoms with Crippen LogP contribution >= 0.6 is 0 Å². The summed E-state index contributed by atoms with van der Waals surface area (Å²) >= 11 is 0. The van der Waals surface area contributed by atoms with Crippen LogP contribution in [0.2, 0.25) is 0 Å². The van der Waals surface area contributed by atoms with Crippen LogP contribution in [0.15, 0.2) is 140 Å². The minimum absolute atomic E-state index is 0.117. The molecule has 0 atom stereocenters. The van der Waals surface area contributed by atoms with Gasteiger partial charge in [-0.3, -0.25) is 0 Å². The second-order valence-corrected chi connectivity index (χ2v) is 12.6. The molecule has 7 rings (SSSR count). The Morgan fingerprint density at radius 3 is 1.83 bits per heavy atom. The van der Waals surface area contributed by atoms with Crippen molar-refractivity contribution in [1.29, 1.82) is 0 Å². The van der Waals surface area contributed by atoms with E-state index in [2.05, 4.69) is 141 Å². The number of carbonyl (C=O) groups is 1. The van der Waals surface area contributed by atoms with Crippen LogP contribution in [0.5, 0.6) is 0 Å². The van der Waals surface area contributed by atoms with Crippen LogP contribution in [0.4, 0.5) is 5.82 Å². The minimum Gasteiger partial charge on any atom is -0.461 e. The summed E-state index contributed by atoms with van der Waals surface area (Å²) in [7, 11) is 0. The smallest absolute Gasteiger partial charge is 0.362 e. The summed E-state index contributed by atoms with van der Waals surface area (Å²) in [5.74, 6) is 1.05. The molecule has 0 aliphatic rings. The lowest BCUT2D eigenvalue weighted by molar-refractivity contribution is 0.0518. The molecule has 0 amide bonds. The van der Waals surface area contributed by atoms with Crippen molar-refractivity contribution in [3.05, 3.63) is 173 Å². The van der Waals surface area contributed by atoms with E-state index in [0.717, 1.165) is 45.4 Å². The molecule has 0 radical (unpaired) electrons. The monoisotopic (exact) mass is 700 g/mol. The van der Waals surface area contributed by atoms with Crippen molar-refractivity contribution in [3.63, 3.8) is 0 Å². The third-order valence-electron chi connectivity index (χ3n) is 9.20. The van der Waals surface area contributed by atoms with Crippen LogP contribution in [0.25, 0.3) is 22.5 Å². The highest BCUT2D eigenvalue weighted by atomic mass is 16.5. The van der Waals surface area contributed by atoms with Crippen molar-refractivity contribution < 1.29 is 9.53 Å². The minimum atomic E-state index is -0.876. The third kappa shape index (κ3) is 6.91. The molecular weight excluding hydrogens is 661 g/mol. The van der Waals surface area contributed by atoms with E-state index in [4.69, 9.17) is 15.0 Å². The maximum Gasteiger partial charge on any atom is 0.362 e. The molecule has 264 valence electrons. The zero-order valence-electron chi connectivity index (χ0n) is 30.0. The second kappa shape index (κ2) is 15.8. The van der Waals surface area contributed by atoms with Gasteiger partial charge in [-0.05, 0) is 64.1 Å². The maximum absolute atomic E-state index is 12.8. The normalized spacial score (nSPS) is 11.3. The molecule has 53 heavy (non-hydrogen) atoms. The van der Waals surface area contributed by atoms with Gasteiger partial charge in [-0.25, -0.2) is 14.5 Å². The van der Waals surface area contributed by atoms with E-state index in [-0.39, 0.29) is 12.3 Å². The van der Waals surface area contributed by atoms with Crippen LogP contribution in [0.3, 0.4) is 0 Å². The van der Waals surface area contributed by atoms with Crippen LogP contribution in [-0.4, -0.2) is 54.5 Å². The van der Waals surface area contributed by atoms with Crippen LogP contribution in [0.1, 0.15) is 58.8 Å². The standard InChI is InChI=1S/C43H40N8O2/c1-4-29-50(41-39(42(52)53-5-2)46-45-31(3)44-41)30-32-25-27-33(28-26-32)37-23-15-16-24-38(37)40-47-48-49-51(40)43(34-17-9-6-10-18-34,35-19-11-7-12-20-35)36-21-13-8-14-22-36/h6-28H,4-5,29-30H2,1-3H3. The van der Waals surface area contributed by atoms with E-state index < -0.39 is 11.5 Å². The van der Waals surface area contributed by atoms with Crippen molar-refractivity contribution >= 4 is 11.8 Å². The fraction of sp³-hybridized carbons (Fsp3) is 0.186. The van der Waals surface area contributed by atoms with E-state index in [1.165, 1.54) is 0 Å². The number of aromatic nitrogens is 7. The number of esters is 1. The number of rotatable bonds is 13. The van der Waals surface area contributed by atoms with Gasteiger partial charge in [-0.1, -0.05) is 146 Å². The molecule has 0 aliphatic carbocycles. The second-order valence-electron chi connectivity index (χ2n) is 12.6. The molecule has 0 unspecified atom stereocenters. The Bertz CT molecular complexity index is 2180. The van der Waals surface area contributed by atoms with E-state index in [0.29, 0.717) is 30.6 Å². The number of hydrogen-bond acceptors (Lipinski definition) is 9. The molecule has 10 heteroatoms. The highest BCUT2D eigenvalue weighted by Crippen LogP contribution is 2.43. The Kier molecular flexibility index (Phi) is 10.4. The molecule has 7 aromatic rings. The van der Waals surface area contributed by atoms with Gasteiger partial charge in [-0.15, -0.1) is 15.3 Å². The topological polar surface area (TPSA) is 112 Å². The zero-order chi connectivity index (χ0) is 36.6. The zero-order valence-corrected chi connectivity index (χ0v) is 30.0. The van der Waals surface area contributed by atoms with E-state index >= 15 is 0 Å². The van der Waals surface area contributed by atoms with Crippen LogP contribution in [0, 0.1) is 6.92 Å². The lowest BCUT2D eigenvalue weighted by atomic mass is 9.77. The number of ether oxygens (including phenoxy) is 1. The van der Waals surface area contributed by atoms with Crippen molar-refractivity contribution in [2.45, 2.75) is 39.3 Å². The summed E-state index contributed by atoms with van der Waals surface area (Å²) in [4.78, 5) is 19.5.